The molecule has 1 unspecified atom stereocenters. The van der Waals surface area contributed by atoms with E-state index in [1.54, 1.807) is 6.21 Å². The topological polar surface area (TPSA) is 91.5 Å². The monoisotopic (exact) mass is 309 g/mol. The van der Waals surface area contributed by atoms with Gasteiger partial charge in [0.25, 0.3) is 0 Å². The molecule has 116 valence electrons. The van der Waals surface area contributed by atoms with Crippen LogP contribution in [-0.2, 0) is 6.42 Å². The van der Waals surface area contributed by atoms with Gasteiger partial charge >= 0.3 is 0 Å². The van der Waals surface area contributed by atoms with Crippen LogP contribution in [0.3, 0.4) is 0 Å². The molecule has 1 atom stereocenters. The number of carbonyl (C=O) groups excluding carboxylic acids is 1. The summed E-state index contributed by atoms with van der Waals surface area (Å²) in [6.07, 6.45) is 6.68. The largest absolute Gasteiger partial charge is 0.396 e. The lowest BCUT2D eigenvalue weighted by atomic mass is 10.0. The van der Waals surface area contributed by atoms with Gasteiger partial charge in [-0.25, -0.2) is 0 Å². The molecule has 5 nitrogen and oxygen atoms in total. The maximum atomic E-state index is 11.7. The zero-order chi connectivity index (χ0) is 15.1. The predicted molar refractivity (Wildman–Crippen MR) is 87.8 cm³/mol. The number of fused-ring (bicyclic) bond motifs is 1. The van der Waals surface area contributed by atoms with E-state index in [-0.39, 0.29) is 18.3 Å². The van der Waals surface area contributed by atoms with Crippen LogP contribution in [0.4, 0.5) is 5.69 Å². The summed E-state index contributed by atoms with van der Waals surface area (Å²) in [5, 5.41) is 9.46. The smallest absolute Gasteiger partial charge is 0.186 e. The zero-order valence-electron chi connectivity index (χ0n) is 12.2. The summed E-state index contributed by atoms with van der Waals surface area (Å²) < 4.78 is 0. The third kappa shape index (κ3) is 4.43. The number of nitrogens with zero attached hydrogens (tertiary/aromatic N) is 1. The molecule has 0 saturated heterocycles. The van der Waals surface area contributed by atoms with Crippen molar-refractivity contribution in [2.45, 2.75) is 25.7 Å². The van der Waals surface area contributed by atoms with Crippen LogP contribution in [0.5, 0.6) is 0 Å². The van der Waals surface area contributed by atoms with Crippen LogP contribution in [0.2, 0.25) is 0 Å². The Bertz CT molecular complexity index is 499. The first-order valence-electron chi connectivity index (χ1n) is 7.41. The SMILES string of the molecule is NCCCSCC(CO)CCc1c[nH]c2c1N=CCC2=O. The molecule has 0 aliphatic carbocycles. The van der Waals surface area contributed by atoms with Crippen LogP contribution in [-0.4, -0.2) is 46.7 Å². The molecule has 1 aromatic rings. The molecule has 1 aliphatic rings. The molecule has 1 aromatic heterocycles. The van der Waals surface area contributed by atoms with Gasteiger partial charge in [0.2, 0.25) is 0 Å². The fraction of sp³-hybridized carbons (Fsp3) is 0.600. The molecule has 0 bridgehead atoms. The lowest BCUT2D eigenvalue weighted by Gasteiger charge is -2.13. The van der Waals surface area contributed by atoms with Gasteiger partial charge in [-0.15, -0.1) is 0 Å². The van der Waals surface area contributed by atoms with E-state index in [1.807, 2.05) is 18.0 Å². The second-order valence-electron chi connectivity index (χ2n) is 5.28. The minimum absolute atomic E-state index is 0.0994. The Morgan fingerprint density at radius 3 is 3.14 bits per heavy atom. The van der Waals surface area contributed by atoms with Gasteiger partial charge in [-0.2, -0.15) is 11.8 Å². The maximum Gasteiger partial charge on any atom is 0.186 e. The van der Waals surface area contributed by atoms with E-state index in [9.17, 15) is 9.90 Å². The Morgan fingerprint density at radius 2 is 2.38 bits per heavy atom. The molecule has 0 saturated carbocycles. The van der Waals surface area contributed by atoms with E-state index in [0.717, 1.165) is 48.6 Å². The van der Waals surface area contributed by atoms with Crippen molar-refractivity contribution in [2.24, 2.45) is 16.6 Å². The molecule has 1 aliphatic heterocycles. The molecule has 0 spiro atoms. The van der Waals surface area contributed by atoms with Crippen LogP contribution in [0.25, 0.3) is 0 Å². The molecular formula is C15H23N3O2S. The summed E-state index contributed by atoms with van der Waals surface area (Å²) in [6, 6.07) is 0. The van der Waals surface area contributed by atoms with Gasteiger partial charge in [0.15, 0.2) is 5.78 Å². The second kappa shape index (κ2) is 8.36. The van der Waals surface area contributed by atoms with Gasteiger partial charge in [0.05, 0.1) is 5.69 Å². The first-order chi connectivity index (χ1) is 10.3. The zero-order valence-corrected chi connectivity index (χ0v) is 13.0. The summed E-state index contributed by atoms with van der Waals surface area (Å²) in [4.78, 5) is 19.1. The fourth-order valence-electron chi connectivity index (χ4n) is 2.35. The maximum absolute atomic E-state index is 11.7. The van der Waals surface area contributed by atoms with Gasteiger partial charge in [0, 0.05) is 25.4 Å². The van der Waals surface area contributed by atoms with E-state index in [1.165, 1.54) is 0 Å². The second-order valence-corrected chi connectivity index (χ2v) is 6.43. The van der Waals surface area contributed by atoms with E-state index in [2.05, 4.69) is 9.98 Å². The summed E-state index contributed by atoms with van der Waals surface area (Å²) in [7, 11) is 0. The number of Topliss-reactive ketones (excluding diaryl/α,β-unsaturated/α-hetero) is 1. The molecule has 2 heterocycles. The Balaban J connectivity index is 1.85. The van der Waals surface area contributed by atoms with Crippen molar-refractivity contribution in [3.05, 3.63) is 17.5 Å². The number of hydrogen-bond acceptors (Lipinski definition) is 5. The number of aromatic nitrogens is 1. The van der Waals surface area contributed by atoms with E-state index >= 15 is 0 Å². The molecule has 0 radical (unpaired) electrons. The van der Waals surface area contributed by atoms with Crippen molar-refractivity contribution < 1.29 is 9.90 Å². The fourth-order valence-corrected chi connectivity index (χ4v) is 3.49. The number of carbonyl (C=O) groups is 1. The molecule has 4 N–H and O–H groups in total. The first kappa shape index (κ1) is 16.3. The third-order valence-corrected chi connectivity index (χ3v) is 4.92. The van der Waals surface area contributed by atoms with Crippen LogP contribution < -0.4 is 5.73 Å². The van der Waals surface area contributed by atoms with Crippen molar-refractivity contribution in [3.63, 3.8) is 0 Å². The average molecular weight is 309 g/mol. The number of aromatic amines is 1. The molecule has 2 rings (SSSR count). The lowest BCUT2D eigenvalue weighted by Crippen LogP contribution is -2.11. The van der Waals surface area contributed by atoms with Crippen LogP contribution in [0.1, 0.15) is 35.3 Å². The molecular weight excluding hydrogens is 286 g/mol. The number of aryl methyl sites for hydroxylation is 1. The number of ketones is 1. The van der Waals surface area contributed by atoms with Gasteiger partial charge in [0.1, 0.15) is 5.69 Å². The first-order valence-corrected chi connectivity index (χ1v) is 8.56. The number of nitrogens with one attached hydrogen (secondary N) is 1. The van der Waals surface area contributed by atoms with E-state index in [4.69, 9.17) is 5.73 Å². The van der Waals surface area contributed by atoms with Gasteiger partial charge in [-0.05, 0) is 48.8 Å². The minimum atomic E-state index is 0.0994. The van der Waals surface area contributed by atoms with E-state index < -0.39 is 0 Å². The van der Waals surface area contributed by atoms with Crippen LogP contribution in [0, 0.1) is 5.92 Å². The summed E-state index contributed by atoms with van der Waals surface area (Å²) in [5.41, 5.74) is 7.96. The van der Waals surface area contributed by atoms with Crippen LogP contribution >= 0.6 is 11.8 Å². The molecule has 21 heavy (non-hydrogen) atoms. The van der Waals surface area contributed by atoms with Crippen molar-refractivity contribution in [3.8, 4) is 0 Å². The number of aliphatic imine (C=N–C) groups is 1. The molecule has 6 heteroatoms. The van der Waals surface area contributed by atoms with Crippen molar-refractivity contribution in [2.75, 3.05) is 24.7 Å². The summed E-state index contributed by atoms with van der Waals surface area (Å²) in [6.45, 7) is 0.919. The summed E-state index contributed by atoms with van der Waals surface area (Å²) >= 11 is 1.85. The normalized spacial score (nSPS) is 15.2. The number of aliphatic hydroxyl groups excluding tert-OH is 1. The number of nitrogens with two attached hydrogens (primary N) is 1. The Labute approximate surface area is 129 Å². The number of H-pyrrole nitrogens is 1. The Morgan fingerprint density at radius 1 is 1.52 bits per heavy atom. The third-order valence-electron chi connectivity index (χ3n) is 3.63. The van der Waals surface area contributed by atoms with Gasteiger partial charge in [-0.1, -0.05) is 0 Å². The molecule has 0 fully saturated rings. The predicted octanol–water partition coefficient (Wildman–Crippen LogP) is 1.93. The quantitative estimate of drug-likeness (QED) is 0.608. The van der Waals surface area contributed by atoms with Crippen molar-refractivity contribution in [1.29, 1.82) is 0 Å². The number of aliphatic hydroxyl groups is 1. The van der Waals surface area contributed by atoms with Crippen molar-refractivity contribution >= 4 is 29.4 Å². The highest BCUT2D eigenvalue weighted by molar-refractivity contribution is 7.99. The standard InChI is InChI=1S/C15H23N3O2S/c16-5-1-7-21-10-11(9-19)2-3-12-8-18-15-13(20)4-6-17-14(12)15/h6,8,11,18-19H,1-5,7,9-10,16H2. The number of rotatable bonds is 9. The van der Waals surface area contributed by atoms with Gasteiger partial charge < -0.3 is 15.8 Å². The molecule has 0 amide bonds. The lowest BCUT2D eigenvalue weighted by molar-refractivity contribution is 0.0997. The van der Waals surface area contributed by atoms with E-state index in [0.29, 0.717) is 12.1 Å². The van der Waals surface area contributed by atoms with Gasteiger partial charge in [-0.3, -0.25) is 9.79 Å². The van der Waals surface area contributed by atoms with Crippen molar-refractivity contribution in [1.82, 2.24) is 4.98 Å². The number of hydrogen-bond donors (Lipinski definition) is 3. The van der Waals surface area contributed by atoms with Crippen LogP contribution in [0.15, 0.2) is 11.2 Å². The minimum Gasteiger partial charge on any atom is -0.396 e. The Kier molecular flexibility index (Phi) is 6.48. The molecule has 0 aromatic carbocycles. The Hall–Kier alpha value is -1.11. The summed E-state index contributed by atoms with van der Waals surface area (Å²) in [5.74, 6) is 2.38. The highest BCUT2D eigenvalue weighted by Crippen LogP contribution is 2.29. The average Bonchev–Trinajstić information content (AvgIpc) is 2.91. The highest BCUT2D eigenvalue weighted by Gasteiger charge is 2.20. The highest BCUT2D eigenvalue weighted by atomic mass is 32.2. The number of thioether (sulfide) groups is 1.